The molecule has 1 fully saturated rings. The van der Waals surface area contributed by atoms with Crippen LogP contribution in [0.1, 0.15) is 50.0 Å². The van der Waals surface area contributed by atoms with Gasteiger partial charge in [-0.2, -0.15) is 0 Å². The number of carbonyl (C=O) groups is 2. The highest BCUT2D eigenvalue weighted by molar-refractivity contribution is 6.01. The largest absolute Gasteiger partial charge is 0.353 e. The van der Waals surface area contributed by atoms with Crippen LogP contribution in [-0.2, 0) is 9.59 Å². The molecule has 1 unspecified atom stereocenters. The number of nitrogens with one attached hydrogen (secondary N) is 2. The summed E-state index contributed by atoms with van der Waals surface area (Å²) in [6.07, 6.45) is 5.62. The van der Waals surface area contributed by atoms with Crippen LogP contribution in [0, 0.1) is 5.82 Å². The number of amides is 2. The van der Waals surface area contributed by atoms with Crippen LogP contribution in [-0.4, -0.2) is 17.9 Å². The molecule has 0 bridgehead atoms. The maximum Gasteiger partial charge on any atom is 0.228 e. The molecule has 2 aliphatic rings. The van der Waals surface area contributed by atoms with Gasteiger partial charge in [-0.3, -0.25) is 9.59 Å². The molecule has 2 N–H and O–H groups in total. The first-order chi connectivity index (χ1) is 10.1. The van der Waals surface area contributed by atoms with Crippen molar-refractivity contribution in [2.24, 2.45) is 0 Å². The quantitative estimate of drug-likeness (QED) is 0.880. The molecule has 5 heteroatoms. The van der Waals surface area contributed by atoms with Crippen molar-refractivity contribution < 1.29 is 14.0 Å². The van der Waals surface area contributed by atoms with E-state index >= 15 is 0 Å². The van der Waals surface area contributed by atoms with Crippen molar-refractivity contribution >= 4 is 17.5 Å². The van der Waals surface area contributed by atoms with Crippen molar-refractivity contribution in [3.8, 4) is 0 Å². The van der Waals surface area contributed by atoms with Crippen LogP contribution in [0.4, 0.5) is 10.1 Å². The van der Waals surface area contributed by atoms with Crippen LogP contribution in [0.5, 0.6) is 0 Å². The zero-order chi connectivity index (χ0) is 14.8. The molecule has 2 amide bonds. The summed E-state index contributed by atoms with van der Waals surface area (Å²) >= 11 is 0. The fourth-order valence-corrected chi connectivity index (χ4v) is 3.22. The summed E-state index contributed by atoms with van der Waals surface area (Å²) in [4.78, 5) is 24.2. The first-order valence-corrected chi connectivity index (χ1v) is 7.53. The Morgan fingerprint density at radius 3 is 2.76 bits per heavy atom. The van der Waals surface area contributed by atoms with Crippen LogP contribution >= 0.6 is 0 Å². The first-order valence-electron chi connectivity index (χ1n) is 7.53. The van der Waals surface area contributed by atoms with E-state index in [0.29, 0.717) is 11.3 Å². The molecule has 1 heterocycles. The number of hydrogen-bond donors (Lipinski definition) is 2. The summed E-state index contributed by atoms with van der Waals surface area (Å²) in [7, 11) is 0. The summed E-state index contributed by atoms with van der Waals surface area (Å²) in [5, 5.41) is 5.68. The Morgan fingerprint density at radius 1 is 1.24 bits per heavy atom. The van der Waals surface area contributed by atoms with E-state index < -0.39 is 11.7 Å². The van der Waals surface area contributed by atoms with Gasteiger partial charge >= 0.3 is 0 Å². The molecule has 0 radical (unpaired) electrons. The second-order valence-electron chi connectivity index (χ2n) is 5.88. The van der Waals surface area contributed by atoms with Gasteiger partial charge in [0, 0.05) is 18.2 Å². The van der Waals surface area contributed by atoms with Crippen LogP contribution in [0.3, 0.4) is 0 Å². The zero-order valence-corrected chi connectivity index (χ0v) is 11.8. The number of rotatable bonds is 2. The van der Waals surface area contributed by atoms with Crippen molar-refractivity contribution in [1.82, 2.24) is 5.32 Å². The first kappa shape index (κ1) is 14.0. The van der Waals surface area contributed by atoms with Crippen LogP contribution < -0.4 is 10.6 Å². The van der Waals surface area contributed by atoms with Gasteiger partial charge in [0.1, 0.15) is 5.82 Å². The lowest BCUT2D eigenvalue weighted by atomic mass is 9.88. The lowest BCUT2D eigenvalue weighted by Crippen LogP contribution is -2.41. The molecule has 112 valence electrons. The maximum atomic E-state index is 13.3. The lowest BCUT2D eigenvalue weighted by Gasteiger charge is -2.28. The SMILES string of the molecule is O=C1CC(C(=O)NC2CCCCC2)c2ccc(F)cc2N1. The average Bonchev–Trinajstić information content (AvgIpc) is 2.47. The predicted molar refractivity (Wildman–Crippen MR) is 77.4 cm³/mol. The Labute approximate surface area is 123 Å². The van der Waals surface area contributed by atoms with Crippen molar-refractivity contribution in [1.29, 1.82) is 0 Å². The smallest absolute Gasteiger partial charge is 0.228 e. The van der Waals surface area contributed by atoms with Gasteiger partial charge < -0.3 is 10.6 Å². The number of benzene rings is 1. The molecule has 1 aliphatic heterocycles. The molecule has 1 saturated carbocycles. The van der Waals surface area contributed by atoms with E-state index in [-0.39, 0.29) is 24.3 Å². The molecule has 4 nitrogen and oxygen atoms in total. The fraction of sp³-hybridized carbons (Fsp3) is 0.500. The predicted octanol–water partition coefficient (Wildman–Crippen LogP) is 2.70. The van der Waals surface area contributed by atoms with E-state index in [1.807, 2.05) is 0 Å². The maximum absolute atomic E-state index is 13.3. The molecular weight excluding hydrogens is 271 g/mol. The Morgan fingerprint density at radius 2 is 2.00 bits per heavy atom. The van der Waals surface area contributed by atoms with E-state index in [4.69, 9.17) is 0 Å². The standard InChI is InChI=1S/C16H19FN2O2/c17-10-6-7-12-13(9-15(20)19-14(12)8-10)16(21)18-11-4-2-1-3-5-11/h6-8,11,13H,1-5,9H2,(H,18,21)(H,19,20). The van der Waals surface area contributed by atoms with Crippen molar-refractivity contribution in [2.45, 2.75) is 50.5 Å². The van der Waals surface area contributed by atoms with E-state index in [0.717, 1.165) is 25.7 Å². The van der Waals surface area contributed by atoms with Gasteiger partial charge in [0.2, 0.25) is 11.8 Å². The summed E-state index contributed by atoms with van der Waals surface area (Å²) in [6, 6.07) is 4.40. The van der Waals surface area contributed by atoms with Crippen LogP contribution in [0.25, 0.3) is 0 Å². The molecule has 1 aliphatic carbocycles. The molecule has 1 aromatic rings. The van der Waals surface area contributed by atoms with Crippen LogP contribution in [0.15, 0.2) is 18.2 Å². The third kappa shape index (κ3) is 3.06. The van der Waals surface area contributed by atoms with E-state index in [2.05, 4.69) is 10.6 Å². The molecule has 0 spiro atoms. The second kappa shape index (κ2) is 5.84. The minimum Gasteiger partial charge on any atom is -0.353 e. The lowest BCUT2D eigenvalue weighted by molar-refractivity contribution is -0.127. The van der Waals surface area contributed by atoms with Crippen molar-refractivity contribution in [2.75, 3.05) is 5.32 Å². The fourth-order valence-electron chi connectivity index (χ4n) is 3.22. The Kier molecular flexibility index (Phi) is 3.90. The highest BCUT2D eigenvalue weighted by atomic mass is 19.1. The number of carbonyl (C=O) groups excluding carboxylic acids is 2. The van der Waals surface area contributed by atoms with Gasteiger partial charge in [0.25, 0.3) is 0 Å². The number of hydrogen-bond acceptors (Lipinski definition) is 2. The summed E-state index contributed by atoms with van der Waals surface area (Å²) in [6.45, 7) is 0. The highest BCUT2D eigenvalue weighted by Crippen LogP contribution is 2.33. The van der Waals surface area contributed by atoms with E-state index in [1.54, 1.807) is 6.07 Å². The average molecular weight is 290 g/mol. The third-order valence-electron chi connectivity index (χ3n) is 4.32. The Bertz CT molecular complexity index is 567. The van der Waals surface area contributed by atoms with Gasteiger partial charge in [0.05, 0.1) is 5.92 Å². The molecule has 3 rings (SSSR count). The Balaban J connectivity index is 1.78. The topological polar surface area (TPSA) is 58.2 Å². The molecule has 0 aromatic heterocycles. The molecular formula is C16H19FN2O2. The van der Waals surface area contributed by atoms with Gasteiger partial charge in [-0.25, -0.2) is 4.39 Å². The van der Waals surface area contributed by atoms with Gasteiger partial charge in [-0.15, -0.1) is 0 Å². The minimum absolute atomic E-state index is 0.121. The summed E-state index contributed by atoms with van der Waals surface area (Å²) in [5.74, 6) is -1.29. The minimum atomic E-state index is -0.517. The highest BCUT2D eigenvalue weighted by Gasteiger charge is 2.32. The second-order valence-corrected chi connectivity index (χ2v) is 5.88. The molecule has 0 saturated heterocycles. The molecule has 1 aromatic carbocycles. The summed E-state index contributed by atoms with van der Waals surface area (Å²) < 4.78 is 13.3. The number of fused-ring (bicyclic) bond motifs is 1. The zero-order valence-electron chi connectivity index (χ0n) is 11.8. The van der Waals surface area contributed by atoms with Crippen molar-refractivity contribution in [3.63, 3.8) is 0 Å². The van der Waals surface area contributed by atoms with Crippen molar-refractivity contribution in [3.05, 3.63) is 29.6 Å². The van der Waals surface area contributed by atoms with Gasteiger partial charge in [-0.1, -0.05) is 25.3 Å². The van der Waals surface area contributed by atoms with Gasteiger partial charge in [0.15, 0.2) is 0 Å². The molecule has 21 heavy (non-hydrogen) atoms. The third-order valence-corrected chi connectivity index (χ3v) is 4.32. The van der Waals surface area contributed by atoms with E-state index in [9.17, 15) is 14.0 Å². The van der Waals surface area contributed by atoms with E-state index in [1.165, 1.54) is 18.6 Å². The number of halogens is 1. The normalized spacial score (nSPS) is 22.3. The number of anilines is 1. The molecule has 1 atom stereocenters. The van der Waals surface area contributed by atoms with Gasteiger partial charge in [-0.05, 0) is 30.5 Å². The monoisotopic (exact) mass is 290 g/mol. The van der Waals surface area contributed by atoms with Crippen LogP contribution in [0.2, 0.25) is 0 Å². The summed E-state index contributed by atoms with van der Waals surface area (Å²) in [5.41, 5.74) is 1.11. The Hall–Kier alpha value is -1.91.